The molecule has 0 fully saturated rings. The topological polar surface area (TPSA) is 102 Å². The van der Waals surface area contributed by atoms with E-state index < -0.39 is 18.1 Å². The molecule has 8 nitrogen and oxygen atoms in total. The van der Waals surface area contributed by atoms with Crippen molar-refractivity contribution in [3.05, 3.63) is 24.3 Å². The van der Waals surface area contributed by atoms with Crippen LogP contribution in [-0.2, 0) is 28.6 Å². The van der Waals surface area contributed by atoms with Crippen LogP contribution in [0.25, 0.3) is 0 Å². The van der Waals surface area contributed by atoms with Gasteiger partial charge < -0.3 is 28.6 Å². The number of carboxylic acids is 1. The van der Waals surface area contributed by atoms with Crippen LogP contribution in [0.4, 0.5) is 0 Å². The number of esters is 2. The second kappa shape index (κ2) is 43.5. The maximum absolute atomic E-state index is 12.8. The van der Waals surface area contributed by atoms with Crippen molar-refractivity contribution in [3.8, 4) is 0 Å². The zero-order valence-corrected chi connectivity index (χ0v) is 40.1. The van der Waals surface area contributed by atoms with Gasteiger partial charge >= 0.3 is 11.9 Å². The molecule has 2 atom stereocenters. The van der Waals surface area contributed by atoms with Gasteiger partial charge in [0.2, 0.25) is 0 Å². The first-order chi connectivity index (χ1) is 29.1. The van der Waals surface area contributed by atoms with Crippen molar-refractivity contribution >= 4 is 17.9 Å². The van der Waals surface area contributed by atoms with Crippen molar-refractivity contribution in [1.82, 2.24) is 0 Å². The van der Waals surface area contributed by atoms with Crippen LogP contribution < -0.4 is 5.11 Å². The fraction of sp³-hybridized carbons (Fsp3) is 0.865. The highest BCUT2D eigenvalue weighted by molar-refractivity contribution is 5.70. The monoisotopic (exact) mass is 848 g/mol. The summed E-state index contributed by atoms with van der Waals surface area (Å²) in [6.07, 6.45) is 49.1. The number of nitrogens with zero attached hydrogens (tertiary/aromatic N) is 1. The summed E-state index contributed by atoms with van der Waals surface area (Å²) in [5.74, 6) is -1.73. The second-order valence-electron chi connectivity index (χ2n) is 18.4. The largest absolute Gasteiger partial charge is 0.544 e. The lowest BCUT2D eigenvalue weighted by Gasteiger charge is -2.34. The van der Waals surface area contributed by atoms with Gasteiger partial charge in [-0.2, -0.15) is 0 Å². The predicted molar refractivity (Wildman–Crippen MR) is 250 cm³/mol. The minimum absolute atomic E-state index is 0.0409. The van der Waals surface area contributed by atoms with E-state index in [1.165, 1.54) is 167 Å². The fourth-order valence-corrected chi connectivity index (χ4v) is 7.59. The molecule has 2 unspecified atom stereocenters. The molecule has 0 saturated carbocycles. The van der Waals surface area contributed by atoms with Crippen LogP contribution in [0.1, 0.15) is 239 Å². The van der Waals surface area contributed by atoms with Gasteiger partial charge in [0, 0.05) is 19.3 Å². The second-order valence-corrected chi connectivity index (χ2v) is 18.4. The summed E-state index contributed by atoms with van der Waals surface area (Å²) in [4.78, 5) is 37.0. The zero-order valence-electron chi connectivity index (χ0n) is 40.1. The number of carboxylic acid groups (broad SMARTS) is 1. The number of hydrogen-bond acceptors (Lipinski definition) is 7. The number of likely N-dealkylation sites (N-methyl/N-ethyl adjacent to an activating group) is 1. The molecule has 8 heteroatoms. The van der Waals surface area contributed by atoms with E-state index in [1.807, 2.05) is 0 Å². The average Bonchev–Trinajstić information content (AvgIpc) is 3.21. The molecular formula is C52H97NO7. The van der Waals surface area contributed by atoms with E-state index in [-0.39, 0.29) is 42.7 Å². The minimum Gasteiger partial charge on any atom is -0.544 e. The van der Waals surface area contributed by atoms with Gasteiger partial charge in [-0.1, -0.05) is 179 Å². The van der Waals surface area contributed by atoms with E-state index in [2.05, 4.69) is 38.2 Å². The van der Waals surface area contributed by atoms with Gasteiger partial charge in [-0.3, -0.25) is 9.59 Å². The van der Waals surface area contributed by atoms with Crippen molar-refractivity contribution in [2.75, 3.05) is 41.0 Å². The highest BCUT2D eigenvalue weighted by Gasteiger charge is 2.25. The quantitative estimate of drug-likeness (QED) is 0.0260. The molecule has 0 aromatic heterocycles. The summed E-state index contributed by atoms with van der Waals surface area (Å²) < 4.78 is 17.2. The highest BCUT2D eigenvalue weighted by atomic mass is 16.6. The Bertz CT molecular complexity index is 1040. The zero-order chi connectivity index (χ0) is 44.2. The molecule has 0 N–H and O–H groups in total. The number of rotatable bonds is 46. The molecule has 0 heterocycles. The third kappa shape index (κ3) is 41.2. The number of quaternary nitrogens is 1. The van der Waals surface area contributed by atoms with E-state index in [0.717, 1.165) is 38.5 Å². The van der Waals surface area contributed by atoms with Crippen molar-refractivity contribution in [1.29, 1.82) is 0 Å². The average molecular weight is 848 g/mol. The van der Waals surface area contributed by atoms with Crippen LogP contribution in [0.3, 0.4) is 0 Å². The van der Waals surface area contributed by atoms with Gasteiger partial charge in [-0.15, -0.1) is 0 Å². The molecule has 0 amide bonds. The van der Waals surface area contributed by atoms with Gasteiger partial charge in [0.15, 0.2) is 6.10 Å². The van der Waals surface area contributed by atoms with Crippen LogP contribution in [0.15, 0.2) is 24.3 Å². The third-order valence-corrected chi connectivity index (χ3v) is 11.6. The van der Waals surface area contributed by atoms with Gasteiger partial charge in [0.1, 0.15) is 12.6 Å². The first-order valence-electron chi connectivity index (χ1n) is 25.4. The number of allylic oxidation sites excluding steroid dienone is 4. The Labute approximate surface area is 371 Å². The summed E-state index contributed by atoms with van der Waals surface area (Å²) in [5, 5.41) is 11.7. The molecule has 0 spiro atoms. The molecule has 0 aromatic carbocycles. The third-order valence-electron chi connectivity index (χ3n) is 11.6. The van der Waals surface area contributed by atoms with Crippen molar-refractivity contribution in [3.63, 3.8) is 0 Å². The molecule has 352 valence electrons. The minimum atomic E-state index is -1.12. The Morgan fingerprint density at radius 3 is 1.20 bits per heavy atom. The molecule has 60 heavy (non-hydrogen) atoms. The number of ether oxygens (including phenoxy) is 3. The Balaban J connectivity index is 4.25. The smallest absolute Gasteiger partial charge is 0.306 e. The standard InChI is InChI=1S/C52H97NO7/c1-6-8-10-12-14-16-18-20-22-24-25-27-28-30-32-34-36-38-40-42-50(54)59-47-48(46-58-45-44-49(52(56)57)53(3,4)5)60-51(55)43-41-39-37-35-33-31-29-26-23-21-19-17-15-13-11-9-7-2/h21,23-25,48-49H,6-20,22,26-47H2,1-5H3/b23-21+,25-24+. The number of unbranched alkanes of at least 4 members (excludes halogenated alkanes) is 28. The molecule has 0 rings (SSSR count). The van der Waals surface area contributed by atoms with Crippen LogP contribution >= 0.6 is 0 Å². The van der Waals surface area contributed by atoms with Gasteiger partial charge in [0.25, 0.3) is 0 Å². The van der Waals surface area contributed by atoms with Crippen molar-refractivity contribution in [2.45, 2.75) is 251 Å². The number of carbonyl (C=O) groups is 3. The Morgan fingerprint density at radius 2 is 0.833 bits per heavy atom. The summed E-state index contributed by atoms with van der Waals surface area (Å²) >= 11 is 0. The molecule has 0 aliphatic heterocycles. The van der Waals surface area contributed by atoms with E-state index in [4.69, 9.17) is 14.2 Å². The van der Waals surface area contributed by atoms with Crippen molar-refractivity contribution in [2.24, 2.45) is 0 Å². The van der Waals surface area contributed by atoms with E-state index >= 15 is 0 Å². The number of carbonyl (C=O) groups excluding carboxylic acids is 3. The first kappa shape index (κ1) is 57.8. The molecule has 0 aromatic rings. The lowest BCUT2D eigenvalue weighted by molar-refractivity contribution is -0.889. The van der Waals surface area contributed by atoms with Crippen molar-refractivity contribution < 1.29 is 38.2 Å². The number of hydrogen-bond donors (Lipinski definition) is 0. The molecule has 0 bridgehead atoms. The molecular weight excluding hydrogens is 751 g/mol. The summed E-state index contributed by atoms with van der Waals surface area (Å²) in [6.45, 7) is 4.68. The normalized spacial score (nSPS) is 13.0. The number of aliphatic carboxylic acids is 1. The molecule has 0 saturated heterocycles. The Hall–Kier alpha value is -2.19. The summed E-state index contributed by atoms with van der Waals surface area (Å²) in [5.41, 5.74) is 0. The maximum atomic E-state index is 12.8. The molecule has 0 aliphatic rings. The molecule has 0 aliphatic carbocycles. The Kier molecular flexibility index (Phi) is 41.9. The predicted octanol–water partition coefficient (Wildman–Crippen LogP) is 13.1. The van der Waals surface area contributed by atoms with E-state index in [0.29, 0.717) is 12.8 Å². The van der Waals surface area contributed by atoms with E-state index in [1.54, 1.807) is 21.1 Å². The van der Waals surface area contributed by atoms with Gasteiger partial charge in [-0.05, 0) is 64.2 Å². The summed E-state index contributed by atoms with van der Waals surface area (Å²) in [7, 11) is 5.42. The van der Waals surface area contributed by atoms with Gasteiger partial charge in [-0.25, -0.2) is 0 Å². The first-order valence-corrected chi connectivity index (χ1v) is 25.4. The maximum Gasteiger partial charge on any atom is 0.306 e. The van der Waals surface area contributed by atoms with Crippen LogP contribution in [-0.4, -0.2) is 75.5 Å². The van der Waals surface area contributed by atoms with Gasteiger partial charge in [0.05, 0.1) is 40.3 Å². The molecule has 0 radical (unpaired) electrons. The van der Waals surface area contributed by atoms with E-state index in [9.17, 15) is 19.5 Å². The van der Waals surface area contributed by atoms with Crippen LogP contribution in [0, 0.1) is 0 Å². The lowest BCUT2D eigenvalue weighted by Crippen LogP contribution is -2.55. The Morgan fingerprint density at radius 1 is 0.483 bits per heavy atom. The van der Waals surface area contributed by atoms with Crippen LogP contribution in [0.2, 0.25) is 0 Å². The fourth-order valence-electron chi connectivity index (χ4n) is 7.59. The van der Waals surface area contributed by atoms with Crippen LogP contribution in [0.5, 0.6) is 0 Å². The summed E-state index contributed by atoms with van der Waals surface area (Å²) in [6, 6.07) is -0.725. The highest BCUT2D eigenvalue weighted by Crippen LogP contribution is 2.15. The lowest BCUT2D eigenvalue weighted by atomic mass is 10.1. The SMILES string of the molecule is CCCCCCCC/C=C/CCCCCCCCCC(=O)OC(COCCC(C(=O)[O-])[N+](C)(C)C)COC(=O)CCCCCCCCC/C=C/CCCCCCCCCC.